The molecule has 164 valence electrons. The highest BCUT2D eigenvalue weighted by atomic mass is 32.1. The Morgan fingerprint density at radius 3 is 2.56 bits per heavy atom. The van der Waals surface area contributed by atoms with Gasteiger partial charge in [-0.25, -0.2) is 14.8 Å². The normalized spacial score (nSPS) is 12.1. The molecular formula is C23H23N5O3S. The number of aromatic nitrogens is 4. The van der Waals surface area contributed by atoms with Gasteiger partial charge in [0, 0.05) is 31.2 Å². The third kappa shape index (κ3) is 3.87. The molecule has 0 aliphatic carbocycles. The number of amides is 1. The molecule has 1 aromatic carbocycles. The van der Waals surface area contributed by atoms with Gasteiger partial charge in [0.15, 0.2) is 5.13 Å². The summed E-state index contributed by atoms with van der Waals surface area (Å²) >= 11 is 1.32. The molecule has 1 atom stereocenters. The SMILES string of the molecule is CCC(C)c1ccc(-c2csc(NC(=O)c3cnc4c(c3)c(=O)n(C)c(=O)n4C)n2)cc1. The van der Waals surface area contributed by atoms with Crippen molar-refractivity contribution in [3.63, 3.8) is 0 Å². The highest BCUT2D eigenvalue weighted by Crippen LogP contribution is 2.27. The third-order valence-corrected chi connectivity index (χ3v) is 6.43. The first-order valence-electron chi connectivity index (χ1n) is 10.2. The number of fused-ring (bicyclic) bond motifs is 1. The number of nitrogens with zero attached hydrogens (tertiary/aromatic N) is 4. The van der Waals surface area contributed by atoms with Crippen molar-refractivity contribution in [1.29, 1.82) is 0 Å². The summed E-state index contributed by atoms with van der Waals surface area (Å²) in [6.07, 6.45) is 2.43. The number of pyridine rings is 1. The highest BCUT2D eigenvalue weighted by molar-refractivity contribution is 7.14. The second kappa shape index (κ2) is 8.51. The van der Waals surface area contributed by atoms with Crippen LogP contribution in [0, 0.1) is 0 Å². The fourth-order valence-electron chi connectivity index (χ4n) is 3.44. The Labute approximate surface area is 188 Å². The van der Waals surface area contributed by atoms with E-state index in [0.717, 1.165) is 22.2 Å². The van der Waals surface area contributed by atoms with Crippen molar-refractivity contribution >= 4 is 33.4 Å². The van der Waals surface area contributed by atoms with Gasteiger partial charge in [-0.1, -0.05) is 38.1 Å². The lowest BCUT2D eigenvalue weighted by Gasteiger charge is -2.09. The van der Waals surface area contributed by atoms with Gasteiger partial charge < -0.3 is 0 Å². The zero-order valence-corrected chi connectivity index (χ0v) is 19.1. The van der Waals surface area contributed by atoms with Gasteiger partial charge in [0.1, 0.15) is 5.65 Å². The van der Waals surface area contributed by atoms with Gasteiger partial charge in [-0.2, -0.15) is 0 Å². The first kappa shape index (κ1) is 21.6. The summed E-state index contributed by atoms with van der Waals surface area (Å²) in [6.45, 7) is 4.36. The maximum absolute atomic E-state index is 12.7. The molecule has 1 N–H and O–H groups in total. The molecule has 0 saturated carbocycles. The van der Waals surface area contributed by atoms with Crippen molar-refractivity contribution < 1.29 is 4.79 Å². The molecule has 8 nitrogen and oxygen atoms in total. The molecular weight excluding hydrogens is 426 g/mol. The van der Waals surface area contributed by atoms with Crippen LogP contribution in [0.4, 0.5) is 5.13 Å². The number of thiazole rings is 1. The molecule has 0 bridgehead atoms. The number of carbonyl (C=O) groups excluding carboxylic acids is 1. The van der Waals surface area contributed by atoms with E-state index in [1.165, 1.54) is 47.8 Å². The zero-order chi connectivity index (χ0) is 23.0. The molecule has 0 radical (unpaired) electrons. The van der Waals surface area contributed by atoms with Gasteiger partial charge in [0.2, 0.25) is 0 Å². The molecule has 1 unspecified atom stereocenters. The first-order chi connectivity index (χ1) is 15.3. The van der Waals surface area contributed by atoms with Crippen molar-refractivity contribution in [2.45, 2.75) is 26.2 Å². The van der Waals surface area contributed by atoms with Crippen LogP contribution < -0.4 is 16.6 Å². The van der Waals surface area contributed by atoms with E-state index >= 15 is 0 Å². The van der Waals surface area contributed by atoms with E-state index in [9.17, 15) is 14.4 Å². The molecule has 32 heavy (non-hydrogen) atoms. The van der Waals surface area contributed by atoms with Gasteiger partial charge in [0.25, 0.3) is 11.5 Å². The van der Waals surface area contributed by atoms with Crippen molar-refractivity contribution in [3.05, 3.63) is 73.9 Å². The van der Waals surface area contributed by atoms with Crippen LogP contribution in [0.3, 0.4) is 0 Å². The minimum atomic E-state index is -0.498. The molecule has 4 aromatic rings. The Balaban J connectivity index is 1.57. The third-order valence-electron chi connectivity index (χ3n) is 5.67. The van der Waals surface area contributed by atoms with Gasteiger partial charge in [-0.15, -0.1) is 11.3 Å². The molecule has 1 amide bonds. The topological polar surface area (TPSA) is 98.9 Å². The summed E-state index contributed by atoms with van der Waals surface area (Å²) in [5.74, 6) is 0.0764. The van der Waals surface area contributed by atoms with Crippen molar-refractivity contribution in [2.24, 2.45) is 14.1 Å². The lowest BCUT2D eigenvalue weighted by atomic mass is 9.97. The first-order valence-corrected chi connectivity index (χ1v) is 11.1. The van der Waals surface area contributed by atoms with E-state index in [0.29, 0.717) is 11.0 Å². The van der Waals surface area contributed by atoms with Crippen LogP contribution in [0.5, 0.6) is 0 Å². The fourth-order valence-corrected chi connectivity index (χ4v) is 4.16. The van der Waals surface area contributed by atoms with E-state index in [-0.39, 0.29) is 16.6 Å². The van der Waals surface area contributed by atoms with E-state index in [1.807, 2.05) is 17.5 Å². The minimum absolute atomic E-state index is 0.198. The predicted octanol–water partition coefficient (Wildman–Crippen LogP) is 3.52. The summed E-state index contributed by atoms with van der Waals surface area (Å²) in [7, 11) is 2.92. The van der Waals surface area contributed by atoms with Crippen molar-refractivity contribution in [2.75, 3.05) is 5.32 Å². The molecule has 0 spiro atoms. The number of rotatable bonds is 5. The number of nitrogens with one attached hydrogen (secondary N) is 1. The predicted molar refractivity (Wildman–Crippen MR) is 126 cm³/mol. The second-order valence-corrected chi connectivity index (χ2v) is 8.58. The number of benzene rings is 1. The maximum Gasteiger partial charge on any atom is 0.332 e. The smallest absolute Gasteiger partial charge is 0.298 e. The highest BCUT2D eigenvalue weighted by Gasteiger charge is 2.15. The Morgan fingerprint density at radius 2 is 1.88 bits per heavy atom. The molecule has 3 aromatic heterocycles. The molecule has 0 saturated heterocycles. The quantitative estimate of drug-likeness (QED) is 0.503. The molecule has 4 rings (SSSR count). The molecule has 9 heteroatoms. The van der Waals surface area contributed by atoms with Crippen LogP contribution in [-0.4, -0.2) is 25.0 Å². The largest absolute Gasteiger partial charge is 0.332 e. The maximum atomic E-state index is 12.7. The van der Waals surface area contributed by atoms with Gasteiger partial charge >= 0.3 is 5.69 Å². The number of hydrogen-bond acceptors (Lipinski definition) is 6. The number of hydrogen-bond donors (Lipinski definition) is 1. The Bertz CT molecular complexity index is 1430. The Kier molecular flexibility index (Phi) is 5.75. The average molecular weight is 450 g/mol. The van der Waals surface area contributed by atoms with Gasteiger partial charge in [-0.05, 0) is 24.0 Å². The Morgan fingerprint density at radius 1 is 1.16 bits per heavy atom. The molecule has 0 fully saturated rings. The van der Waals surface area contributed by atoms with Crippen molar-refractivity contribution in [1.82, 2.24) is 19.1 Å². The average Bonchev–Trinajstić information content (AvgIpc) is 3.28. The zero-order valence-electron chi connectivity index (χ0n) is 18.2. The van der Waals surface area contributed by atoms with Crippen LogP contribution in [0.15, 0.2) is 51.5 Å². The monoisotopic (exact) mass is 449 g/mol. The number of aryl methyl sites for hydroxylation is 1. The second-order valence-electron chi connectivity index (χ2n) is 7.72. The molecule has 0 aliphatic rings. The van der Waals surface area contributed by atoms with E-state index in [2.05, 4.69) is 41.3 Å². The van der Waals surface area contributed by atoms with Crippen LogP contribution in [-0.2, 0) is 14.1 Å². The van der Waals surface area contributed by atoms with Crippen molar-refractivity contribution in [3.8, 4) is 11.3 Å². The van der Waals surface area contributed by atoms with E-state index in [4.69, 9.17) is 0 Å². The van der Waals surface area contributed by atoms with E-state index in [1.54, 1.807) is 0 Å². The van der Waals surface area contributed by atoms with Crippen LogP contribution in [0.2, 0.25) is 0 Å². The summed E-state index contributed by atoms with van der Waals surface area (Å²) < 4.78 is 2.27. The lowest BCUT2D eigenvalue weighted by Crippen LogP contribution is -2.37. The van der Waals surface area contributed by atoms with Crippen LogP contribution in [0.25, 0.3) is 22.3 Å². The van der Waals surface area contributed by atoms with Gasteiger partial charge in [-0.3, -0.25) is 24.0 Å². The molecule has 0 aliphatic heterocycles. The fraction of sp³-hybridized carbons (Fsp3) is 0.261. The van der Waals surface area contributed by atoms with Crippen LogP contribution in [0.1, 0.15) is 42.1 Å². The standard InChI is InChI=1S/C23H23N5O3S/c1-5-13(2)14-6-8-15(9-7-14)18-12-32-22(25-18)26-20(29)16-10-17-19(24-11-16)27(3)23(31)28(4)21(17)30/h6-13H,5H2,1-4H3,(H,25,26,29). The summed E-state index contributed by atoms with van der Waals surface area (Å²) in [5, 5.41) is 5.30. The van der Waals surface area contributed by atoms with Gasteiger partial charge in [0.05, 0.1) is 16.6 Å². The summed E-state index contributed by atoms with van der Waals surface area (Å²) in [6, 6.07) is 9.73. The lowest BCUT2D eigenvalue weighted by molar-refractivity contribution is 0.102. The summed E-state index contributed by atoms with van der Waals surface area (Å²) in [4.78, 5) is 45.9. The molecule has 3 heterocycles. The Hall–Kier alpha value is -3.59. The van der Waals surface area contributed by atoms with E-state index < -0.39 is 17.2 Å². The number of carbonyl (C=O) groups is 1. The summed E-state index contributed by atoms with van der Waals surface area (Å²) in [5.41, 5.74) is 2.51. The minimum Gasteiger partial charge on any atom is -0.298 e. The number of anilines is 1. The van der Waals surface area contributed by atoms with Crippen LogP contribution >= 0.6 is 11.3 Å².